The number of carboxylic acids is 1. The number of ether oxygens (including phenoxy) is 1. The second-order valence-corrected chi connectivity index (χ2v) is 8.83. The molecule has 2 unspecified atom stereocenters. The van der Waals surface area contributed by atoms with Crippen molar-refractivity contribution in [2.24, 2.45) is 0 Å². The van der Waals surface area contributed by atoms with Crippen LogP contribution in [-0.4, -0.2) is 41.8 Å². The summed E-state index contributed by atoms with van der Waals surface area (Å²) in [6, 6.07) is 14.8. The van der Waals surface area contributed by atoms with Crippen molar-refractivity contribution in [3.8, 4) is 11.1 Å². The van der Waals surface area contributed by atoms with Crippen molar-refractivity contribution >= 4 is 18.0 Å². The molecule has 3 rings (SSSR count). The highest BCUT2D eigenvalue weighted by atomic mass is 16.5. The maximum absolute atomic E-state index is 12.9. The molecule has 0 saturated heterocycles. The van der Waals surface area contributed by atoms with Crippen LogP contribution in [-0.2, 0) is 14.3 Å². The number of alkyl carbamates (subject to hydrolysis) is 1. The molecule has 3 N–H and O–H groups in total. The van der Waals surface area contributed by atoms with Gasteiger partial charge in [-0.25, -0.2) is 4.79 Å². The predicted octanol–water partition coefficient (Wildman–Crippen LogP) is 5.01. The van der Waals surface area contributed by atoms with Gasteiger partial charge in [-0.15, -0.1) is 6.58 Å². The summed E-state index contributed by atoms with van der Waals surface area (Å²) in [5.74, 6) is -1.47. The summed E-state index contributed by atoms with van der Waals surface area (Å²) >= 11 is 0. The lowest BCUT2D eigenvalue weighted by molar-refractivity contribution is -0.137. The number of hydrogen-bond acceptors (Lipinski definition) is 4. The summed E-state index contributed by atoms with van der Waals surface area (Å²) in [6.07, 6.45) is 3.94. The average Bonchev–Trinajstić information content (AvgIpc) is 3.17. The number of rotatable bonds is 13. The normalized spacial score (nSPS) is 13.7. The van der Waals surface area contributed by atoms with Crippen molar-refractivity contribution in [1.29, 1.82) is 0 Å². The molecule has 2 atom stereocenters. The third-order valence-corrected chi connectivity index (χ3v) is 6.29. The van der Waals surface area contributed by atoms with Crippen molar-refractivity contribution < 1.29 is 24.2 Å². The van der Waals surface area contributed by atoms with Gasteiger partial charge in [0.15, 0.2) is 0 Å². The van der Waals surface area contributed by atoms with E-state index in [9.17, 15) is 19.5 Å². The number of benzene rings is 2. The van der Waals surface area contributed by atoms with Gasteiger partial charge in [-0.2, -0.15) is 0 Å². The molecule has 2 aromatic rings. The van der Waals surface area contributed by atoms with Gasteiger partial charge in [0.05, 0.1) is 6.42 Å². The van der Waals surface area contributed by atoms with Gasteiger partial charge in [-0.1, -0.05) is 74.4 Å². The Labute approximate surface area is 206 Å². The summed E-state index contributed by atoms with van der Waals surface area (Å²) in [5.41, 5.74) is 4.48. The molecule has 0 bridgehead atoms. The number of amides is 2. The van der Waals surface area contributed by atoms with Crippen molar-refractivity contribution in [3.63, 3.8) is 0 Å². The lowest BCUT2D eigenvalue weighted by Gasteiger charge is -2.23. The van der Waals surface area contributed by atoms with Crippen LogP contribution in [0, 0.1) is 0 Å². The molecule has 186 valence electrons. The SMILES string of the molecule is C=CCCC(NC(=O)OCC1c2ccccc2-c2ccccc21)C(=O)NC(CCCC)CC(=O)O. The fourth-order valence-electron chi connectivity index (χ4n) is 4.52. The van der Waals surface area contributed by atoms with E-state index in [0.717, 1.165) is 35.1 Å². The molecule has 0 radical (unpaired) electrons. The highest BCUT2D eigenvalue weighted by Gasteiger charge is 2.30. The molecule has 0 aromatic heterocycles. The highest BCUT2D eigenvalue weighted by Crippen LogP contribution is 2.44. The molecular formula is C28H34N2O5. The Hall–Kier alpha value is -3.61. The van der Waals surface area contributed by atoms with E-state index in [2.05, 4.69) is 29.3 Å². The number of unbranched alkanes of at least 4 members (excludes halogenated alkanes) is 1. The highest BCUT2D eigenvalue weighted by molar-refractivity contribution is 5.86. The minimum Gasteiger partial charge on any atom is -0.481 e. The van der Waals surface area contributed by atoms with Gasteiger partial charge in [-0.3, -0.25) is 9.59 Å². The summed E-state index contributed by atoms with van der Waals surface area (Å²) in [7, 11) is 0. The topological polar surface area (TPSA) is 105 Å². The zero-order valence-electron chi connectivity index (χ0n) is 20.2. The molecule has 7 heteroatoms. The minimum atomic E-state index is -0.974. The number of aliphatic carboxylic acids is 1. The first-order chi connectivity index (χ1) is 16.9. The Morgan fingerprint density at radius 1 is 1.03 bits per heavy atom. The van der Waals surface area contributed by atoms with E-state index in [1.54, 1.807) is 6.08 Å². The van der Waals surface area contributed by atoms with Crippen LogP contribution in [0.5, 0.6) is 0 Å². The van der Waals surface area contributed by atoms with Crippen LogP contribution in [0.3, 0.4) is 0 Å². The number of fused-ring (bicyclic) bond motifs is 3. The van der Waals surface area contributed by atoms with Gasteiger partial charge in [-0.05, 0) is 41.5 Å². The molecule has 0 saturated carbocycles. The van der Waals surface area contributed by atoms with Crippen molar-refractivity contribution in [3.05, 3.63) is 72.3 Å². The molecule has 35 heavy (non-hydrogen) atoms. The first-order valence-corrected chi connectivity index (χ1v) is 12.2. The molecule has 7 nitrogen and oxygen atoms in total. The quantitative estimate of drug-likeness (QED) is 0.351. The molecule has 0 aliphatic heterocycles. The van der Waals surface area contributed by atoms with Crippen LogP contribution < -0.4 is 10.6 Å². The summed E-state index contributed by atoms with van der Waals surface area (Å²) in [6.45, 7) is 5.84. The predicted molar refractivity (Wildman–Crippen MR) is 135 cm³/mol. The zero-order chi connectivity index (χ0) is 25.2. The van der Waals surface area contributed by atoms with Gasteiger partial charge in [0.2, 0.25) is 5.91 Å². The third-order valence-electron chi connectivity index (χ3n) is 6.29. The molecule has 0 fully saturated rings. The van der Waals surface area contributed by atoms with Crippen molar-refractivity contribution in [2.45, 2.75) is 63.5 Å². The second-order valence-electron chi connectivity index (χ2n) is 8.83. The van der Waals surface area contributed by atoms with Crippen LogP contribution in [0.25, 0.3) is 11.1 Å². The lowest BCUT2D eigenvalue weighted by Crippen LogP contribution is -2.50. The molecular weight excluding hydrogens is 444 g/mol. The van der Waals surface area contributed by atoms with Crippen LogP contribution in [0.15, 0.2) is 61.2 Å². The molecule has 1 aliphatic rings. The van der Waals surface area contributed by atoms with E-state index in [4.69, 9.17) is 4.74 Å². The smallest absolute Gasteiger partial charge is 0.407 e. The molecule has 2 aromatic carbocycles. The Bertz CT molecular complexity index is 1010. The zero-order valence-corrected chi connectivity index (χ0v) is 20.2. The fraction of sp³-hybridized carbons (Fsp3) is 0.393. The second kappa shape index (κ2) is 12.7. The lowest BCUT2D eigenvalue weighted by atomic mass is 9.98. The van der Waals surface area contributed by atoms with Gasteiger partial charge in [0.25, 0.3) is 0 Å². The summed E-state index contributed by atoms with van der Waals surface area (Å²) < 4.78 is 5.58. The number of nitrogens with one attached hydrogen (secondary N) is 2. The number of carbonyl (C=O) groups excluding carboxylic acids is 2. The van der Waals surface area contributed by atoms with Gasteiger partial charge >= 0.3 is 12.1 Å². The maximum Gasteiger partial charge on any atom is 0.407 e. The third kappa shape index (κ3) is 6.94. The van der Waals surface area contributed by atoms with Crippen LogP contribution in [0.2, 0.25) is 0 Å². The van der Waals surface area contributed by atoms with Crippen LogP contribution in [0.1, 0.15) is 62.5 Å². The largest absolute Gasteiger partial charge is 0.481 e. The molecule has 0 heterocycles. The standard InChI is InChI=1S/C28H34N2O5/c1-3-5-11-19(17-26(31)32)29-27(33)25(16-6-4-2)30-28(34)35-18-24-22-14-9-7-12-20(22)21-13-8-10-15-23(21)24/h4,7-10,12-15,19,24-25H,2-3,5-6,11,16-18H2,1H3,(H,29,33)(H,30,34)(H,31,32). The summed E-state index contributed by atoms with van der Waals surface area (Å²) in [4.78, 5) is 36.8. The Balaban J connectivity index is 1.64. The van der Waals surface area contributed by atoms with Gasteiger partial charge in [0.1, 0.15) is 12.6 Å². The maximum atomic E-state index is 12.9. The van der Waals surface area contributed by atoms with Crippen LogP contribution >= 0.6 is 0 Å². The van der Waals surface area contributed by atoms with E-state index in [1.807, 2.05) is 43.3 Å². The Morgan fingerprint density at radius 2 is 1.66 bits per heavy atom. The number of hydrogen-bond donors (Lipinski definition) is 3. The Morgan fingerprint density at radius 3 is 2.23 bits per heavy atom. The fourth-order valence-corrected chi connectivity index (χ4v) is 4.52. The monoisotopic (exact) mass is 478 g/mol. The van der Waals surface area contributed by atoms with E-state index < -0.39 is 30.1 Å². The van der Waals surface area contributed by atoms with Crippen molar-refractivity contribution in [1.82, 2.24) is 10.6 Å². The Kier molecular flexibility index (Phi) is 9.47. The first kappa shape index (κ1) is 26.0. The number of allylic oxidation sites excluding steroid dienone is 1. The summed E-state index contributed by atoms with van der Waals surface area (Å²) in [5, 5.41) is 14.6. The number of carbonyl (C=O) groups is 3. The van der Waals surface area contributed by atoms with Gasteiger partial charge < -0.3 is 20.5 Å². The molecule has 1 aliphatic carbocycles. The van der Waals surface area contributed by atoms with E-state index in [1.165, 1.54) is 0 Å². The van der Waals surface area contributed by atoms with Gasteiger partial charge in [0, 0.05) is 12.0 Å². The first-order valence-electron chi connectivity index (χ1n) is 12.2. The van der Waals surface area contributed by atoms with Crippen molar-refractivity contribution in [2.75, 3.05) is 6.61 Å². The minimum absolute atomic E-state index is 0.0809. The average molecular weight is 479 g/mol. The van der Waals surface area contributed by atoms with E-state index in [-0.39, 0.29) is 18.9 Å². The molecule has 2 amide bonds. The molecule has 0 spiro atoms. The van der Waals surface area contributed by atoms with E-state index in [0.29, 0.717) is 19.3 Å². The van der Waals surface area contributed by atoms with Crippen LogP contribution in [0.4, 0.5) is 4.79 Å². The number of carboxylic acid groups (broad SMARTS) is 1. The van der Waals surface area contributed by atoms with E-state index >= 15 is 0 Å².